The fourth-order valence-electron chi connectivity index (χ4n) is 3.38. The Morgan fingerprint density at radius 1 is 1.41 bits per heavy atom. The van der Waals surface area contributed by atoms with Gasteiger partial charge in [0.2, 0.25) is 5.91 Å². The third kappa shape index (κ3) is 7.89. The number of nitrogens with one attached hydrogen (secondary N) is 1. The molecule has 0 radical (unpaired) electrons. The number of hydrogen-bond acceptors (Lipinski definition) is 4. The average molecular weight is 394 g/mol. The van der Waals surface area contributed by atoms with Crippen LogP contribution in [0.15, 0.2) is 22.5 Å². The third-order valence-electron chi connectivity index (χ3n) is 5.10. The van der Waals surface area contributed by atoms with Crippen LogP contribution in [0.5, 0.6) is 0 Å². The largest absolute Gasteiger partial charge is 0.369 e. The van der Waals surface area contributed by atoms with Crippen molar-refractivity contribution in [1.82, 2.24) is 15.1 Å². The fourth-order valence-corrected chi connectivity index (χ4v) is 4.08. The zero-order valence-corrected chi connectivity index (χ0v) is 17.6. The van der Waals surface area contributed by atoms with Crippen molar-refractivity contribution in [2.75, 3.05) is 46.3 Å². The van der Waals surface area contributed by atoms with E-state index in [0.717, 1.165) is 77.3 Å². The molecule has 2 rings (SSSR count). The normalized spacial score (nSPS) is 16.4. The Labute approximate surface area is 167 Å². The Kier molecular flexibility index (Phi) is 9.62. The number of amides is 1. The van der Waals surface area contributed by atoms with Crippen molar-refractivity contribution >= 4 is 23.2 Å². The van der Waals surface area contributed by atoms with Crippen LogP contribution in [0.2, 0.25) is 0 Å². The second kappa shape index (κ2) is 12.0. The number of aliphatic imine (C=N–C) groups is 1. The van der Waals surface area contributed by atoms with E-state index in [1.165, 1.54) is 4.88 Å². The van der Waals surface area contributed by atoms with Crippen molar-refractivity contribution in [2.24, 2.45) is 16.6 Å². The number of carbonyl (C=O) groups excluding carboxylic acids is 1. The van der Waals surface area contributed by atoms with Crippen LogP contribution in [-0.4, -0.2) is 68.0 Å². The molecule has 0 unspecified atom stereocenters. The van der Waals surface area contributed by atoms with Gasteiger partial charge >= 0.3 is 0 Å². The molecule has 1 aromatic heterocycles. The first-order valence-electron chi connectivity index (χ1n) is 10.1. The van der Waals surface area contributed by atoms with Gasteiger partial charge in [-0.3, -0.25) is 9.79 Å². The Morgan fingerprint density at radius 3 is 2.81 bits per heavy atom. The standard InChI is InChI=1S/C20H35N5OS/c1-3-22-20(24(2)13-10-18-7-6-16-27-18)23-11-4-5-12-25-14-8-17(9-15-25)19(21)26/h6-7,16-17H,3-5,8-15H2,1-2H3,(H2,21,26)(H,22,23). The van der Waals surface area contributed by atoms with Gasteiger partial charge in [-0.1, -0.05) is 6.07 Å². The monoisotopic (exact) mass is 393 g/mol. The lowest BCUT2D eigenvalue weighted by Crippen LogP contribution is -2.40. The van der Waals surface area contributed by atoms with Crippen LogP contribution in [0.1, 0.15) is 37.5 Å². The van der Waals surface area contributed by atoms with Crippen molar-refractivity contribution < 1.29 is 4.79 Å². The summed E-state index contributed by atoms with van der Waals surface area (Å²) in [6.45, 7) is 7.89. The lowest BCUT2D eigenvalue weighted by atomic mass is 9.96. The van der Waals surface area contributed by atoms with Gasteiger partial charge in [-0.05, 0) is 70.1 Å². The lowest BCUT2D eigenvalue weighted by molar-refractivity contribution is -0.123. The van der Waals surface area contributed by atoms with E-state index in [4.69, 9.17) is 10.7 Å². The van der Waals surface area contributed by atoms with E-state index in [9.17, 15) is 4.79 Å². The molecule has 1 aliphatic rings. The van der Waals surface area contributed by atoms with Gasteiger partial charge in [0, 0.05) is 37.5 Å². The minimum atomic E-state index is -0.136. The summed E-state index contributed by atoms with van der Waals surface area (Å²) >= 11 is 1.81. The van der Waals surface area contributed by atoms with Crippen LogP contribution in [0.25, 0.3) is 0 Å². The summed E-state index contributed by atoms with van der Waals surface area (Å²) < 4.78 is 0. The minimum Gasteiger partial charge on any atom is -0.369 e. The van der Waals surface area contributed by atoms with E-state index >= 15 is 0 Å². The summed E-state index contributed by atoms with van der Waals surface area (Å²) in [7, 11) is 2.11. The smallest absolute Gasteiger partial charge is 0.220 e. The number of primary amides is 1. The molecule has 1 fully saturated rings. The molecule has 0 aromatic carbocycles. The van der Waals surface area contributed by atoms with Gasteiger partial charge in [-0.2, -0.15) is 0 Å². The molecule has 27 heavy (non-hydrogen) atoms. The van der Waals surface area contributed by atoms with Gasteiger partial charge in [-0.25, -0.2) is 0 Å². The van der Waals surface area contributed by atoms with Crippen molar-refractivity contribution in [3.05, 3.63) is 22.4 Å². The Balaban J connectivity index is 1.65. The molecule has 0 atom stereocenters. The molecule has 3 N–H and O–H groups in total. The highest BCUT2D eigenvalue weighted by atomic mass is 32.1. The summed E-state index contributed by atoms with van der Waals surface area (Å²) in [6, 6.07) is 4.30. The third-order valence-corrected chi connectivity index (χ3v) is 6.04. The predicted octanol–water partition coefficient (Wildman–Crippen LogP) is 2.17. The van der Waals surface area contributed by atoms with E-state index < -0.39 is 0 Å². The highest BCUT2D eigenvalue weighted by molar-refractivity contribution is 7.09. The maximum atomic E-state index is 11.2. The molecule has 1 amide bonds. The van der Waals surface area contributed by atoms with E-state index in [0.29, 0.717) is 0 Å². The summed E-state index contributed by atoms with van der Waals surface area (Å²) in [5.74, 6) is 0.942. The highest BCUT2D eigenvalue weighted by Crippen LogP contribution is 2.16. The first-order valence-corrected chi connectivity index (χ1v) is 11.0. The quantitative estimate of drug-likeness (QED) is 0.363. The number of thiophene rings is 1. The van der Waals surface area contributed by atoms with Gasteiger partial charge in [0.1, 0.15) is 0 Å². The molecule has 0 bridgehead atoms. The van der Waals surface area contributed by atoms with E-state index in [2.05, 4.69) is 46.6 Å². The zero-order valence-electron chi connectivity index (χ0n) is 16.8. The van der Waals surface area contributed by atoms with E-state index in [1.807, 2.05) is 11.3 Å². The maximum absolute atomic E-state index is 11.2. The number of piperidine rings is 1. The first-order chi connectivity index (χ1) is 13.1. The predicted molar refractivity (Wildman–Crippen MR) is 114 cm³/mol. The second-order valence-corrected chi connectivity index (χ2v) is 8.24. The number of hydrogen-bond donors (Lipinski definition) is 2. The molecule has 1 aliphatic heterocycles. The summed E-state index contributed by atoms with van der Waals surface area (Å²) in [5, 5.41) is 5.52. The van der Waals surface area contributed by atoms with Gasteiger partial charge < -0.3 is 20.9 Å². The molecule has 0 aliphatic carbocycles. The number of guanidine groups is 1. The van der Waals surface area contributed by atoms with Crippen LogP contribution >= 0.6 is 11.3 Å². The van der Waals surface area contributed by atoms with Gasteiger partial charge in [0.15, 0.2) is 5.96 Å². The minimum absolute atomic E-state index is 0.0817. The van der Waals surface area contributed by atoms with Crippen LogP contribution in [0.3, 0.4) is 0 Å². The molecule has 1 aromatic rings. The highest BCUT2D eigenvalue weighted by Gasteiger charge is 2.22. The number of nitrogens with two attached hydrogens (primary N) is 1. The van der Waals surface area contributed by atoms with Crippen LogP contribution < -0.4 is 11.1 Å². The molecular formula is C20H35N5OS. The second-order valence-electron chi connectivity index (χ2n) is 7.21. The van der Waals surface area contributed by atoms with Crippen molar-refractivity contribution in [2.45, 2.75) is 39.0 Å². The molecule has 1 saturated heterocycles. The number of nitrogens with zero attached hydrogens (tertiary/aromatic N) is 3. The number of likely N-dealkylation sites (N-methyl/N-ethyl adjacent to an activating group) is 1. The molecular weight excluding hydrogens is 358 g/mol. The number of likely N-dealkylation sites (tertiary alicyclic amines) is 1. The average Bonchev–Trinajstić information content (AvgIpc) is 3.19. The van der Waals surface area contributed by atoms with Crippen LogP contribution in [0, 0.1) is 5.92 Å². The van der Waals surface area contributed by atoms with E-state index in [1.54, 1.807) is 0 Å². The van der Waals surface area contributed by atoms with Crippen LogP contribution in [0.4, 0.5) is 0 Å². The van der Waals surface area contributed by atoms with Gasteiger partial charge in [-0.15, -0.1) is 11.3 Å². The Hall–Kier alpha value is -1.60. The van der Waals surface area contributed by atoms with Crippen molar-refractivity contribution in [3.63, 3.8) is 0 Å². The zero-order chi connectivity index (χ0) is 19.5. The summed E-state index contributed by atoms with van der Waals surface area (Å²) in [6.07, 6.45) is 5.10. The molecule has 6 nitrogen and oxygen atoms in total. The van der Waals surface area contributed by atoms with Crippen molar-refractivity contribution in [3.8, 4) is 0 Å². The Bertz CT molecular complexity index is 567. The van der Waals surface area contributed by atoms with Gasteiger partial charge in [0.25, 0.3) is 0 Å². The summed E-state index contributed by atoms with van der Waals surface area (Å²) in [5.41, 5.74) is 5.40. The number of rotatable bonds is 10. The summed E-state index contributed by atoms with van der Waals surface area (Å²) in [4.78, 5) is 22.1. The molecule has 0 spiro atoms. The van der Waals surface area contributed by atoms with Crippen molar-refractivity contribution in [1.29, 1.82) is 0 Å². The Morgan fingerprint density at radius 2 is 2.19 bits per heavy atom. The van der Waals surface area contributed by atoms with Gasteiger partial charge in [0.05, 0.1) is 0 Å². The first kappa shape index (κ1) is 21.7. The van der Waals surface area contributed by atoms with Crippen LogP contribution in [-0.2, 0) is 11.2 Å². The molecule has 152 valence electrons. The molecule has 2 heterocycles. The molecule has 0 saturated carbocycles. The lowest BCUT2D eigenvalue weighted by Gasteiger charge is -2.30. The fraction of sp³-hybridized carbons (Fsp3) is 0.700. The maximum Gasteiger partial charge on any atom is 0.220 e. The topological polar surface area (TPSA) is 74.0 Å². The number of carbonyl (C=O) groups is 1. The number of unbranched alkanes of at least 4 members (excludes halogenated alkanes) is 1. The SMILES string of the molecule is CCNC(=NCCCCN1CCC(C(N)=O)CC1)N(C)CCc1cccs1. The van der Waals surface area contributed by atoms with E-state index in [-0.39, 0.29) is 11.8 Å². The molecule has 7 heteroatoms.